The number of benzene rings is 1. The first-order valence-corrected chi connectivity index (χ1v) is 11.9. The number of nitrogens with one attached hydrogen (secondary N) is 1. The highest BCUT2D eigenvalue weighted by molar-refractivity contribution is 5.99. The third kappa shape index (κ3) is 4.99. The number of fused-ring (bicyclic) bond motifs is 1. The van der Waals surface area contributed by atoms with E-state index in [1.54, 1.807) is 75.4 Å². The third-order valence-electron chi connectivity index (χ3n) is 5.89. The number of amides is 1. The Morgan fingerprint density at radius 2 is 1.93 bits per heavy atom. The van der Waals surface area contributed by atoms with E-state index in [1.165, 1.54) is 15.6 Å². The molecule has 0 fully saturated rings. The zero-order valence-corrected chi connectivity index (χ0v) is 21.8. The average molecular weight is 545 g/mol. The average Bonchev–Trinajstić information content (AvgIpc) is 3.50. The van der Waals surface area contributed by atoms with Crippen LogP contribution in [0.3, 0.4) is 0 Å². The summed E-state index contributed by atoms with van der Waals surface area (Å²) in [5, 5.41) is 25.0. The van der Waals surface area contributed by atoms with E-state index < -0.39 is 6.61 Å². The van der Waals surface area contributed by atoms with Crippen molar-refractivity contribution in [2.24, 2.45) is 0 Å². The quantitative estimate of drug-likeness (QED) is 0.323. The van der Waals surface area contributed by atoms with Crippen molar-refractivity contribution in [1.29, 1.82) is 5.26 Å². The van der Waals surface area contributed by atoms with Gasteiger partial charge >= 0.3 is 6.61 Å². The second-order valence-electron chi connectivity index (χ2n) is 8.98. The molecule has 0 aliphatic heterocycles. The molecule has 1 aromatic carbocycles. The lowest BCUT2D eigenvalue weighted by Gasteiger charge is -2.14. The van der Waals surface area contributed by atoms with Crippen molar-refractivity contribution >= 4 is 28.6 Å². The summed E-state index contributed by atoms with van der Waals surface area (Å²) < 4.78 is 32.9. The van der Waals surface area contributed by atoms with Crippen LogP contribution >= 0.6 is 0 Å². The summed E-state index contributed by atoms with van der Waals surface area (Å²) in [6.45, 7) is 0.394. The topological polar surface area (TPSA) is 140 Å². The number of nitrogens with zero attached hydrogens (tertiary/aromatic N) is 9. The van der Waals surface area contributed by atoms with Crippen LogP contribution in [0.5, 0.6) is 5.88 Å². The van der Waals surface area contributed by atoms with Gasteiger partial charge in [0.15, 0.2) is 11.5 Å². The Kier molecular flexibility index (Phi) is 6.78. The van der Waals surface area contributed by atoms with Gasteiger partial charge in [0.1, 0.15) is 17.9 Å². The highest BCUT2D eigenvalue weighted by Gasteiger charge is 2.18. The number of imidazole rings is 1. The Bertz CT molecular complexity index is 1790. The van der Waals surface area contributed by atoms with Crippen molar-refractivity contribution in [2.75, 3.05) is 19.4 Å². The molecule has 4 heterocycles. The number of nitriles is 1. The molecule has 5 rings (SSSR count). The fourth-order valence-corrected chi connectivity index (χ4v) is 4.06. The fraction of sp³-hybridized carbons (Fsp3) is 0.192. The third-order valence-corrected chi connectivity index (χ3v) is 5.89. The second-order valence-corrected chi connectivity index (χ2v) is 8.98. The molecule has 5 aromatic rings. The highest BCUT2D eigenvalue weighted by atomic mass is 19.3. The normalized spacial score (nSPS) is 11.1. The number of hydrogen-bond donors (Lipinski definition) is 1. The first-order valence-electron chi connectivity index (χ1n) is 11.9. The summed E-state index contributed by atoms with van der Waals surface area (Å²) >= 11 is 0. The Morgan fingerprint density at radius 1 is 1.12 bits per heavy atom. The van der Waals surface area contributed by atoms with Crippen LogP contribution in [0.1, 0.15) is 27.3 Å². The summed E-state index contributed by atoms with van der Waals surface area (Å²) in [6.07, 6.45) is 3.14. The molecular formula is C26H22F2N10O2. The number of rotatable bonds is 7. The Morgan fingerprint density at radius 3 is 2.65 bits per heavy atom. The zero-order chi connectivity index (χ0) is 28.6. The maximum Gasteiger partial charge on any atom is 0.388 e. The smallest absolute Gasteiger partial charge is 0.388 e. The molecule has 0 aliphatic rings. The minimum absolute atomic E-state index is 0.226. The number of hydrogen-bond acceptors (Lipinski definition) is 9. The number of carbonyl (C=O) groups excluding carboxylic acids is 1. The molecule has 40 heavy (non-hydrogen) atoms. The highest BCUT2D eigenvalue weighted by Crippen LogP contribution is 2.27. The lowest BCUT2D eigenvalue weighted by molar-refractivity contribution is -0.0530. The molecule has 0 atom stereocenters. The number of pyridine rings is 1. The van der Waals surface area contributed by atoms with Crippen LogP contribution in [0.15, 0.2) is 48.9 Å². The molecule has 0 bridgehead atoms. The Labute approximate surface area is 226 Å². The van der Waals surface area contributed by atoms with E-state index in [0.717, 1.165) is 0 Å². The molecule has 202 valence electrons. The van der Waals surface area contributed by atoms with Crippen molar-refractivity contribution < 1.29 is 18.3 Å². The van der Waals surface area contributed by atoms with Gasteiger partial charge < -0.3 is 15.0 Å². The Balaban J connectivity index is 1.50. The van der Waals surface area contributed by atoms with Gasteiger partial charge in [0.2, 0.25) is 5.88 Å². The molecule has 0 saturated heterocycles. The number of alkyl halides is 2. The van der Waals surface area contributed by atoms with Gasteiger partial charge in [-0.15, -0.1) is 10.2 Å². The summed E-state index contributed by atoms with van der Waals surface area (Å²) in [5.74, 6) is -0.201. The molecular weight excluding hydrogens is 522 g/mol. The van der Waals surface area contributed by atoms with Gasteiger partial charge in [-0.3, -0.25) is 9.36 Å². The van der Waals surface area contributed by atoms with Crippen molar-refractivity contribution in [3.05, 3.63) is 71.4 Å². The van der Waals surface area contributed by atoms with Gasteiger partial charge in [0.05, 0.1) is 40.1 Å². The molecule has 14 heteroatoms. The fourth-order valence-electron chi connectivity index (χ4n) is 4.06. The van der Waals surface area contributed by atoms with Gasteiger partial charge in [-0.25, -0.2) is 14.6 Å². The first kappa shape index (κ1) is 26.2. The van der Waals surface area contributed by atoms with Crippen molar-refractivity contribution in [3.8, 4) is 23.3 Å². The predicted octanol–water partition coefficient (Wildman–Crippen LogP) is 3.93. The van der Waals surface area contributed by atoms with E-state index in [2.05, 4.69) is 41.4 Å². The van der Waals surface area contributed by atoms with E-state index in [0.29, 0.717) is 45.2 Å². The summed E-state index contributed by atoms with van der Waals surface area (Å²) in [4.78, 5) is 23.1. The number of halogens is 2. The van der Waals surface area contributed by atoms with E-state index in [-0.39, 0.29) is 23.2 Å². The van der Waals surface area contributed by atoms with Crippen LogP contribution in [-0.2, 0) is 0 Å². The molecule has 0 unspecified atom stereocenters. The largest absolute Gasteiger partial charge is 0.415 e. The lowest BCUT2D eigenvalue weighted by atomic mass is 10.1. The van der Waals surface area contributed by atoms with Crippen molar-refractivity contribution in [1.82, 2.24) is 39.4 Å². The van der Waals surface area contributed by atoms with Crippen molar-refractivity contribution in [3.63, 3.8) is 0 Å². The summed E-state index contributed by atoms with van der Waals surface area (Å²) in [6, 6.07) is 11.9. The van der Waals surface area contributed by atoms with Crippen molar-refractivity contribution in [2.45, 2.75) is 20.5 Å². The molecule has 4 aromatic heterocycles. The van der Waals surface area contributed by atoms with Gasteiger partial charge in [0.25, 0.3) is 5.91 Å². The van der Waals surface area contributed by atoms with Crippen LogP contribution in [0, 0.1) is 25.2 Å². The lowest BCUT2D eigenvalue weighted by Crippen LogP contribution is -2.23. The first-order chi connectivity index (χ1) is 19.1. The predicted molar refractivity (Wildman–Crippen MR) is 140 cm³/mol. The van der Waals surface area contributed by atoms with Gasteiger partial charge in [0, 0.05) is 25.9 Å². The molecule has 12 nitrogen and oxygen atoms in total. The van der Waals surface area contributed by atoms with E-state index in [4.69, 9.17) is 0 Å². The number of ether oxygens (including phenoxy) is 1. The number of aromatic nitrogens is 7. The van der Waals surface area contributed by atoms with Crippen LogP contribution in [0.2, 0.25) is 0 Å². The number of anilines is 2. The van der Waals surface area contributed by atoms with Crippen LogP contribution in [0.25, 0.3) is 22.5 Å². The van der Waals surface area contributed by atoms with E-state index in [9.17, 15) is 18.8 Å². The number of aryl methyl sites for hydroxylation is 2. The molecule has 0 saturated carbocycles. The van der Waals surface area contributed by atoms with E-state index >= 15 is 0 Å². The Hall–Kier alpha value is -5.45. The maximum atomic E-state index is 12.7. The van der Waals surface area contributed by atoms with Gasteiger partial charge in [-0.05, 0) is 44.2 Å². The second kappa shape index (κ2) is 10.4. The monoisotopic (exact) mass is 544 g/mol. The molecule has 0 radical (unpaired) electrons. The van der Waals surface area contributed by atoms with Crippen LogP contribution in [-0.4, -0.2) is 66.0 Å². The van der Waals surface area contributed by atoms with Gasteiger partial charge in [-0.1, -0.05) is 0 Å². The zero-order valence-electron chi connectivity index (χ0n) is 21.8. The SMILES string of the molecule is Cc1cc(C(=O)N(C)C)c(Nc2cnc3c(c2)ncn3-c2ccc(C#N)c(-n3nc(OC(F)F)cc3C)c2)nn1. The molecule has 0 aliphatic carbocycles. The maximum absolute atomic E-state index is 12.7. The number of carbonyl (C=O) groups is 1. The molecule has 1 amide bonds. The standard InChI is InChI=1S/C26H22F2N10O2/c1-14-7-19(25(39)36(3)4)23(34-33-14)32-17-9-20-24(30-12-17)37(13-31-20)18-6-5-16(11-29)21(10-18)38-15(2)8-22(35-38)40-26(27)28/h5-10,12-13,26H,1-4H3,(H,32,34). The van der Waals surface area contributed by atoms with Crippen LogP contribution < -0.4 is 10.1 Å². The van der Waals surface area contributed by atoms with Gasteiger partial charge in [-0.2, -0.15) is 19.1 Å². The molecule has 0 spiro atoms. The minimum atomic E-state index is -3.02. The minimum Gasteiger partial charge on any atom is -0.415 e. The van der Waals surface area contributed by atoms with E-state index in [1.807, 2.05) is 0 Å². The molecule has 1 N–H and O–H groups in total. The summed E-state index contributed by atoms with van der Waals surface area (Å²) in [5.41, 5.74) is 4.33. The summed E-state index contributed by atoms with van der Waals surface area (Å²) in [7, 11) is 3.31. The van der Waals surface area contributed by atoms with Crippen LogP contribution in [0.4, 0.5) is 20.3 Å².